The van der Waals surface area contributed by atoms with Crippen LogP contribution in [0.4, 0.5) is 5.69 Å². The van der Waals surface area contributed by atoms with E-state index in [9.17, 15) is 4.79 Å². The zero-order valence-electron chi connectivity index (χ0n) is 9.41. The van der Waals surface area contributed by atoms with Crippen molar-refractivity contribution >= 4 is 18.0 Å². The van der Waals surface area contributed by atoms with Crippen molar-refractivity contribution < 1.29 is 9.90 Å². The first-order chi connectivity index (χ1) is 8.18. The summed E-state index contributed by atoms with van der Waals surface area (Å²) in [5, 5.41) is 8.83. The van der Waals surface area contributed by atoms with Gasteiger partial charge in [-0.3, -0.25) is 9.79 Å². The SMILES string of the molecule is NC(Cc1ccccc1N1C=NCC1)C(=O)O. The number of aliphatic imine (C=N–C) groups is 1. The van der Waals surface area contributed by atoms with Gasteiger partial charge in [-0.1, -0.05) is 18.2 Å². The third-order valence-corrected chi connectivity index (χ3v) is 2.75. The molecule has 2 rings (SSSR count). The van der Waals surface area contributed by atoms with Crippen LogP contribution in [0.3, 0.4) is 0 Å². The topological polar surface area (TPSA) is 78.9 Å². The maximum Gasteiger partial charge on any atom is 0.320 e. The van der Waals surface area contributed by atoms with E-state index in [4.69, 9.17) is 10.8 Å². The first-order valence-corrected chi connectivity index (χ1v) is 5.51. The van der Waals surface area contributed by atoms with Crippen molar-refractivity contribution in [3.63, 3.8) is 0 Å². The van der Waals surface area contributed by atoms with Gasteiger partial charge in [-0.05, 0) is 11.6 Å². The Labute approximate surface area is 99.6 Å². The van der Waals surface area contributed by atoms with Crippen LogP contribution in [0.25, 0.3) is 0 Å². The Balaban J connectivity index is 2.21. The molecule has 1 aliphatic rings. The highest BCUT2D eigenvalue weighted by Crippen LogP contribution is 2.21. The van der Waals surface area contributed by atoms with Crippen LogP contribution >= 0.6 is 0 Å². The summed E-state index contributed by atoms with van der Waals surface area (Å²) in [7, 11) is 0. The molecule has 0 saturated carbocycles. The monoisotopic (exact) mass is 233 g/mol. The Bertz CT molecular complexity index is 445. The van der Waals surface area contributed by atoms with Gasteiger partial charge in [0.05, 0.1) is 12.9 Å². The molecule has 0 bridgehead atoms. The molecule has 90 valence electrons. The van der Waals surface area contributed by atoms with Gasteiger partial charge in [0.1, 0.15) is 6.04 Å². The summed E-state index contributed by atoms with van der Waals surface area (Å²) in [5.41, 5.74) is 7.50. The van der Waals surface area contributed by atoms with Crippen LogP contribution in [0.1, 0.15) is 5.56 Å². The molecule has 5 heteroatoms. The van der Waals surface area contributed by atoms with Crippen LogP contribution in [0.5, 0.6) is 0 Å². The fourth-order valence-electron chi connectivity index (χ4n) is 1.85. The molecule has 1 aliphatic heterocycles. The first-order valence-electron chi connectivity index (χ1n) is 5.51. The molecule has 1 unspecified atom stereocenters. The zero-order chi connectivity index (χ0) is 12.3. The number of carboxylic acid groups (broad SMARTS) is 1. The molecule has 0 saturated heterocycles. The van der Waals surface area contributed by atoms with E-state index in [0.29, 0.717) is 6.42 Å². The zero-order valence-corrected chi connectivity index (χ0v) is 9.41. The lowest BCUT2D eigenvalue weighted by atomic mass is 10.0. The van der Waals surface area contributed by atoms with Crippen molar-refractivity contribution in [2.24, 2.45) is 10.7 Å². The fourth-order valence-corrected chi connectivity index (χ4v) is 1.85. The molecule has 0 aliphatic carbocycles. The second-order valence-corrected chi connectivity index (χ2v) is 3.99. The van der Waals surface area contributed by atoms with Gasteiger partial charge in [-0.2, -0.15) is 0 Å². The predicted molar refractivity (Wildman–Crippen MR) is 66.5 cm³/mol. The van der Waals surface area contributed by atoms with Crippen molar-refractivity contribution in [1.82, 2.24) is 0 Å². The lowest BCUT2D eigenvalue weighted by molar-refractivity contribution is -0.138. The number of aliphatic carboxylic acids is 1. The smallest absolute Gasteiger partial charge is 0.320 e. The average molecular weight is 233 g/mol. The van der Waals surface area contributed by atoms with E-state index in [1.165, 1.54) is 0 Å². The molecule has 1 aromatic carbocycles. The van der Waals surface area contributed by atoms with Crippen LogP contribution in [-0.2, 0) is 11.2 Å². The van der Waals surface area contributed by atoms with Crippen molar-refractivity contribution in [3.05, 3.63) is 29.8 Å². The third kappa shape index (κ3) is 2.62. The molecule has 5 nitrogen and oxygen atoms in total. The average Bonchev–Trinajstić information content (AvgIpc) is 2.83. The quantitative estimate of drug-likeness (QED) is 0.793. The molecule has 0 aromatic heterocycles. The van der Waals surface area contributed by atoms with Crippen LogP contribution < -0.4 is 10.6 Å². The van der Waals surface area contributed by atoms with Gasteiger partial charge < -0.3 is 15.7 Å². The number of hydrogen-bond acceptors (Lipinski definition) is 4. The Kier molecular flexibility index (Phi) is 3.39. The van der Waals surface area contributed by atoms with Gasteiger partial charge in [0, 0.05) is 18.7 Å². The van der Waals surface area contributed by atoms with Crippen molar-refractivity contribution in [2.75, 3.05) is 18.0 Å². The van der Waals surface area contributed by atoms with Gasteiger partial charge in [-0.15, -0.1) is 0 Å². The molecule has 1 aromatic rings. The molecule has 17 heavy (non-hydrogen) atoms. The number of nitrogens with zero attached hydrogens (tertiary/aromatic N) is 2. The number of benzene rings is 1. The predicted octanol–water partition coefficient (Wildman–Crippen LogP) is 0.489. The normalized spacial score (nSPS) is 16.2. The summed E-state index contributed by atoms with van der Waals surface area (Å²) in [6, 6.07) is 6.82. The Morgan fingerprint density at radius 3 is 2.94 bits per heavy atom. The summed E-state index contributed by atoms with van der Waals surface area (Å²) < 4.78 is 0. The second-order valence-electron chi connectivity index (χ2n) is 3.99. The summed E-state index contributed by atoms with van der Waals surface area (Å²) >= 11 is 0. The number of carboxylic acids is 1. The summed E-state index contributed by atoms with van der Waals surface area (Å²) in [4.78, 5) is 16.9. The number of rotatable bonds is 4. The van der Waals surface area contributed by atoms with E-state index in [1.807, 2.05) is 29.2 Å². The molecular formula is C12H15N3O2. The van der Waals surface area contributed by atoms with Crippen molar-refractivity contribution in [2.45, 2.75) is 12.5 Å². The lowest BCUT2D eigenvalue weighted by Crippen LogP contribution is -2.33. The maximum atomic E-state index is 10.8. The lowest BCUT2D eigenvalue weighted by Gasteiger charge is -2.19. The molecule has 3 N–H and O–H groups in total. The summed E-state index contributed by atoms with van der Waals surface area (Å²) in [6.45, 7) is 1.61. The van der Waals surface area contributed by atoms with Gasteiger partial charge >= 0.3 is 5.97 Å². The van der Waals surface area contributed by atoms with Crippen LogP contribution in [-0.4, -0.2) is 36.5 Å². The minimum absolute atomic E-state index is 0.329. The van der Waals surface area contributed by atoms with Crippen LogP contribution in [0, 0.1) is 0 Å². The number of para-hydroxylation sites is 1. The summed E-state index contributed by atoms with van der Waals surface area (Å²) in [5.74, 6) is -0.977. The number of hydrogen-bond donors (Lipinski definition) is 2. The van der Waals surface area contributed by atoms with Gasteiger partial charge in [0.2, 0.25) is 0 Å². The Morgan fingerprint density at radius 2 is 2.29 bits per heavy atom. The maximum absolute atomic E-state index is 10.8. The highest BCUT2D eigenvalue weighted by Gasteiger charge is 2.17. The summed E-state index contributed by atoms with van der Waals surface area (Å²) in [6.07, 6.45) is 2.11. The van der Waals surface area contributed by atoms with Gasteiger partial charge in [0.15, 0.2) is 0 Å². The van der Waals surface area contributed by atoms with Crippen molar-refractivity contribution in [3.8, 4) is 0 Å². The Morgan fingerprint density at radius 1 is 1.53 bits per heavy atom. The van der Waals surface area contributed by atoms with Crippen LogP contribution in [0.2, 0.25) is 0 Å². The molecule has 0 amide bonds. The second kappa shape index (κ2) is 4.97. The minimum atomic E-state index is -0.977. The third-order valence-electron chi connectivity index (χ3n) is 2.75. The van der Waals surface area contributed by atoms with Gasteiger partial charge in [0.25, 0.3) is 0 Å². The fraction of sp³-hybridized carbons (Fsp3) is 0.333. The number of carbonyl (C=O) groups is 1. The Hall–Kier alpha value is -1.88. The number of anilines is 1. The number of nitrogens with two attached hydrogens (primary N) is 1. The largest absolute Gasteiger partial charge is 0.480 e. The van der Waals surface area contributed by atoms with Gasteiger partial charge in [-0.25, -0.2) is 0 Å². The molecule has 0 spiro atoms. The van der Waals surface area contributed by atoms with Crippen molar-refractivity contribution in [1.29, 1.82) is 0 Å². The molecular weight excluding hydrogens is 218 g/mol. The van der Waals surface area contributed by atoms with E-state index < -0.39 is 12.0 Å². The molecule has 0 fully saturated rings. The molecule has 1 heterocycles. The van der Waals surface area contributed by atoms with Crippen LogP contribution in [0.15, 0.2) is 29.3 Å². The first kappa shape index (κ1) is 11.6. The van der Waals surface area contributed by atoms with E-state index in [-0.39, 0.29) is 0 Å². The van der Waals surface area contributed by atoms with E-state index in [1.54, 1.807) is 6.34 Å². The van der Waals surface area contributed by atoms with E-state index in [0.717, 1.165) is 24.3 Å². The highest BCUT2D eigenvalue weighted by atomic mass is 16.4. The molecule has 1 atom stereocenters. The van der Waals surface area contributed by atoms with E-state index >= 15 is 0 Å². The standard InChI is InChI=1S/C12H15N3O2/c13-10(12(16)17)7-9-3-1-2-4-11(9)15-6-5-14-8-15/h1-4,8,10H,5-7,13H2,(H,16,17). The van der Waals surface area contributed by atoms with E-state index in [2.05, 4.69) is 4.99 Å². The minimum Gasteiger partial charge on any atom is -0.480 e. The molecule has 0 radical (unpaired) electrons. The highest BCUT2D eigenvalue weighted by molar-refractivity contribution is 5.83.